The van der Waals surface area contributed by atoms with Crippen LogP contribution in [-0.2, 0) is 11.3 Å². The van der Waals surface area contributed by atoms with Crippen LogP contribution in [0.15, 0.2) is 24.3 Å². The van der Waals surface area contributed by atoms with E-state index in [2.05, 4.69) is 31.4 Å². The lowest BCUT2D eigenvalue weighted by Gasteiger charge is -2.20. The fourth-order valence-electron chi connectivity index (χ4n) is 1.61. The predicted molar refractivity (Wildman–Crippen MR) is 77.6 cm³/mol. The topological polar surface area (TPSA) is 78.4 Å². The SMILES string of the molecule is CC(C)(C)NCCC(=O)NCc1ccc(C(=O)O)cc1. The predicted octanol–water partition coefficient (Wildman–Crippen LogP) is 1.78. The summed E-state index contributed by atoms with van der Waals surface area (Å²) in [6, 6.07) is 6.48. The second-order valence-electron chi connectivity index (χ2n) is 5.71. The molecule has 0 radical (unpaired) electrons. The van der Waals surface area contributed by atoms with E-state index in [-0.39, 0.29) is 17.0 Å². The summed E-state index contributed by atoms with van der Waals surface area (Å²) in [5.74, 6) is -0.974. The van der Waals surface area contributed by atoms with Crippen LogP contribution in [0.2, 0.25) is 0 Å². The smallest absolute Gasteiger partial charge is 0.335 e. The molecule has 0 unspecified atom stereocenters. The Labute approximate surface area is 119 Å². The molecule has 0 heterocycles. The Kier molecular flexibility index (Phi) is 5.70. The first-order valence-electron chi connectivity index (χ1n) is 6.62. The number of nitrogens with one attached hydrogen (secondary N) is 2. The number of hydrogen-bond donors (Lipinski definition) is 3. The van der Waals surface area contributed by atoms with Crippen LogP contribution in [0.1, 0.15) is 43.1 Å². The molecule has 0 spiro atoms. The molecule has 1 amide bonds. The summed E-state index contributed by atoms with van der Waals surface area (Å²) in [6.07, 6.45) is 0.421. The average molecular weight is 278 g/mol. The van der Waals surface area contributed by atoms with Crippen molar-refractivity contribution >= 4 is 11.9 Å². The Morgan fingerprint density at radius 1 is 1.15 bits per heavy atom. The van der Waals surface area contributed by atoms with Crippen molar-refractivity contribution < 1.29 is 14.7 Å². The van der Waals surface area contributed by atoms with Gasteiger partial charge in [-0.2, -0.15) is 0 Å². The number of carboxylic acids is 1. The summed E-state index contributed by atoms with van der Waals surface area (Å²) in [6.45, 7) is 7.19. The zero-order chi connectivity index (χ0) is 15.2. The fourth-order valence-corrected chi connectivity index (χ4v) is 1.61. The molecule has 1 aromatic rings. The lowest BCUT2D eigenvalue weighted by Crippen LogP contribution is -2.38. The maximum absolute atomic E-state index is 11.6. The molecule has 5 nitrogen and oxygen atoms in total. The fraction of sp³-hybridized carbons (Fsp3) is 0.467. The lowest BCUT2D eigenvalue weighted by atomic mass is 10.1. The zero-order valence-electron chi connectivity index (χ0n) is 12.2. The van der Waals surface area contributed by atoms with E-state index in [0.29, 0.717) is 19.5 Å². The molecule has 0 aliphatic heterocycles. The van der Waals surface area contributed by atoms with Gasteiger partial charge in [0.2, 0.25) is 5.91 Å². The quantitative estimate of drug-likeness (QED) is 0.741. The first-order chi connectivity index (χ1) is 9.28. The van der Waals surface area contributed by atoms with Crippen LogP contribution in [0, 0.1) is 0 Å². The molecular weight excluding hydrogens is 256 g/mol. The highest BCUT2D eigenvalue weighted by Gasteiger charge is 2.09. The summed E-state index contributed by atoms with van der Waals surface area (Å²) in [5.41, 5.74) is 1.13. The van der Waals surface area contributed by atoms with Crippen molar-refractivity contribution in [3.05, 3.63) is 35.4 Å². The molecule has 110 valence electrons. The number of rotatable bonds is 6. The molecule has 0 bridgehead atoms. The molecule has 0 saturated heterocycles. The molecule has 5 heteroatoms. The zero-order valence-corrected chi connectivity index (χ0v) is 12.2. The minimum atomic E-state index is -0.950. The van der Waals surface area contributed by atoms with Gasteiger partial charge in [-0.1, -0.05) is 12.1 Å². The molecule has 1 rings (SSSR count). The Morgan fingerprint density at radius 3 is 2.25 bits per heavy atom. The lowest BCUT2D eigenvalue weighted by molar-refractivity contribution is -0.121. The van der Waals surface area contributed by atoms with Gasteiger partial charge < -0.3 is 15.7 Å². The largest absolute Gasteiger partial charge is 0.478 e. The van der Waals surface area contributed by atoms with Gasteiger partial charge in [-0.05, 0) is 38.5 Å². The van der Waals surface area contributed by atoms with Crippen molar-refractivity contribution in [2.75, 3.05) is 6.54 Å². The van der Waals surface area contributed by atoms with Gasteiger partial charge in [0.15, 0.2) is 0 Å². The molecular formula is C15H22N2O3. The number of carbonyl (C=O) groups is 2. The maximum Gasteiger partial charge on any atom is 0.335 e. The van der Waals surface area contributed by atoms with Gasteiger partial charge >= 0.3 is 5.97 Å². The molecule has 0 atom stereocenters. The Bertz CT molecular complexity index is 461. The van der Waals surface area contributed by atoms with Crippen LogP contribution in [0.5, 0.6) is 0 Å². The summed E-state index contributed by atoms with van der Waals surface area (Å²) >= 11 is 0. The van der Waals surface area contributed by atoms with Crippen LogP contribution in [0.3, 0.4) is 0 Å². The third-order valence-corrected chi connectivity index (χ3v) is 2.70. The summed E-state index contributed by atoms with van der Waals surface area (Å²) in [5, 5.41) is 14.8. The molecule has 0 aromatic heterocycles. The third-order valence-electron chi connectivity index (χ3n) is 2.70. The molecule has 20 heavy (non-hydrogen) atoms. The molecule has 0 fully saturated rings. The number of aromatic carboxylic acids is 1. The van der Waals surface area contributed by atoms with E-state index in [4.69, 9.17) is 5.11 Å². The number of amides is 1. The van der Waals surface area contributed by atoms with Crippen molar-refractivity contribution in [3.8, 4) is 0 Å². The van der Waals surface area contributed by atoms with Crippen molar-refractivity contribution in [2.24, 2.45) is 0 Å². The molecule has 3 N–H and O–H groups in total. The van der Waals surface area contributed by atoms with Crippen molar-refractivity contribution in [1.82, 2.24) is 10.6 Å². The van der Waals surface area contributed by atoms with Gasteiger partial charge in [-0.15, -0.1) is 0 Å². The van der Waals surface area contributed by atoms with Crippen molar-refractivity contribution in [1.29, 1.82) is 0 Å². The highest BCUT2D eigenvalue weighted by molar-refractivity contribution is 5.87. The molecule has 0 aliphatic carbocycles. The van der Waals surface area contributed by atoms with Crippen molar-refractivity contribution in [3.63, 3.8) is 0 Å². The van der Waals surface area contributed by atoms with E-state index < -0.39 is 5.97 Å². The third kappa shape index (κ3) is 6.33. The first kappa shape index (κ1) is 16.2. The van der Waals surface area contributed by atoms with Crippen LogP contribution in [0.4, 0.5) is 0 Å². The van der Waals surface area contributed by atoms with E-state index in [0.717, 1.165) is 5.56 Å². The van der Waals surface area contributed by atoms with Gasteiger partial charge in [0.1, 0.15) is 0 Å². The van der Waals surface area contributed by atoms with Gasteiger partial charge in [0.25, 0.3) is 0 Å². The van der Waals surface area contributed by atoms with Crippen LogP contribution >= 0.6 is 0 Å². The highest BCUT2D eigenvalue weighted by Crippen LogP contribution is 2.04. The average Bonchev–Trinajstić information content (AvgIpc) is 2.35. The van der Waals surface area contributed by atoms with Crippen LogP contribution < -0.4 is 10.6 Å². The van der Waals surface area contributed by atoms with Crippen LogP contribution in [0.25, 0.3) is 0 Å². The van der Waals surface area contributed by atoms with Gasteiger partial charge in [-0.3, -0.25) is 4.79 Å². The van der Waals surface area contributed by atoms with E-state index in [1.54, 1.807) is 12.1 Å². The first-order valence-corrected chi connectivity index (χ1v) is 6.62. The van der Waals surface area contributed by atoms with Gasteiger partial charge in [-0.25, -0.2) is 4.79 Å². The number of hydrogen-bond acceptors (Lipinski definition) is 3. The summed E-state index contributed by atoms with van der Waals surface area (Å²) in [7, 11) is 0. The van der Waals surface area contributed by atoms with Crippen LogP contribution in [-0.4, -0.2) is 29.1 Å². The standard InChI is InChI=1S/C15H22N2O3/c1-15(2,3)17-9-8-13(18)16-10-11-4-6-12(7-5-11)14(19)20/h4-7,17H,8-10H2,1-3H3,(H,16,18)(H,19,20). The van der Waals surface area contributed by atoms with E-state index in [1.165, 1.54) is 12.1 Å². The summed E-state index contributed by atoms with van der Waals surface area (Å²) < 4.78 is 0. The number of carbonyl (C=O) groups excluding carboxylic acids is 1. The Balaban J connectivity index is 2.32. The molecule has 0 saturated carbocycles. The minimum absolute atomic E-state index is 0.00689. The van der Waals surface area contributed by atoms with E-state index in [9.17, 15) is 9.59 Å². The number of benzene rings is 1. The normalized spacial score (nSPS) is 11.2. The molecule has 0 aliphatic rings. The Morgan fingerprint density at radius 2 is 1.75 bits per heavy atom. The van der Waals surface area contributed by atoms with E-state index >= 15 is 0 Å². The second-order valence-corrected chi connectivity index (χ2v) is 5.71. The monoisotopic (exact) mass is 278 g/mol. The minimum Gasteiger partial charge on any atom is -0.478 e. The van der Waals surface area contributed by atoms with E-state index in [1.807, 2.05) is 0 Å². The Hall–Kier alpha value is -1.88. The maximum atomic E-state index is 11.6. The van der Waals surface area contributed by atoms with Gasteiger partial charge in [0.05, 0.1) is 5.56 Å². The van der Waals surface area contributed by atoms with Crippen molar-refractivity contribution in [2.45, 2.75) is 39.3 Å². The summed E-state index contributed by atoms with van der Waals surface area (Å²) in [4.78, 5) is 22.3. The van der Waals surface area contributed by atoms with Gasteiger partial charge in [0, 0.05) is 25.0 Å². The highest BCUT2D eigenvalue weighted by atomic mass is 16.4. The second kappa shape index (κ2) is 7.05. The number of carboxylic acid groups (broad SMARTS) is 1. The molecule has 1 aromatic carbocycles.